The summed E-state index contributed by atoms with van der Waals surface area (Å²) in [5.74, 6) is 0.885. The van der Waals surface area contributed by atoms with E-state index in [1.807, 2.05) is 19.2 Å². The molecule has 0 fully saturated rings. The van der Waals surface area contributed by atoms with Crippen LogP contribution in [0.1, 0.15) is 5.56 Å². The molecule has 4 aromatic rings. The summed E-state index contributed by atoms with van der Waals surface area (Å²) in [5, 5.41) is 3.41. The number of hydrogen-bond acceptors (Lipinski definition) is 3. The summed E-state index contributed by atoms with van der Waals surface area (Å²) in [5.41, 5.74) is 4.87. The number of methoxy groups -OCH3 is 1. The third-order valence-electron chi connectivity index (χ3n) is 4.64. The second-order valence-corrected chi connectivity index (χ2v) is 6.96. The van der Waals surface area contributed by atoms with Crippen molar-refractivity contribution < 1.29 is 4.74 Å². The van der Waals surface area contributed by atoms with Gasteiger partial charge in [-0.15, -0.1) is 11.3 Å². The second kappa shape index (κ2) is 7.22. The third kappa shape index (κ3) is 3.06. The van der Waals surface area contributed by atoms with Crippen molar-refractivity contribution in [2.45, 2.75) is 13.0 Å². The van der Waals surface area contributed by atoms with E-state index in [1.165, 1.54) is 22.2 Å². The van der Waals surface area contributed by atoms with Gasteiger partial charge >= 0.3 is 0 Å². The number of fused-ring (bicyclic) bond motifs is 1. The summed E-state index contributed by atoms with van der Waals surface area (Å²) in [6.45, 7) is 0.880. The molecule has 0 amide bonds. The van der Waals surface area contributed by atoms with Gasteiger partial charge in [-0.05, 0) is 35.7 Å². The van der Waals surface area contributed by atoms with Crippen LogP contribution in [0.15, 0.2) is 65.1 Å². The number of aromatic nitrogens is 2. The van der Waals surface area contributed by atoms with Gasteiger partial charge in [0.15, 0.2) is 4.80 Å². The third-order valence-corrected chi connectivity index (χ3v) is 5.59. The Morgan fingerprint density at radius 1 is 1.15 bits per heavy atom. The van der Waals surface area contributed by atoms with Crippen LogP contribution in [0.3, 0.4) is 0 Å². The van der Waals surface area contributed by atoms with E-state index in [9.17, 15) is 0 Å². The number of nitrogens with one attached hydrogen (secondary N) is 1. The lowest BCUT2D eigenvalue weighted by molar-refractivity contribution is 0.415. The van der Waals surface area contributed by atoms with Crippen LogP contribution in [-0.4, -0.2) is 23.7 Å². The molecule has 4 rings (SSSR count). The molecule has 0 unspecified atom stereocenters. The Morgan fingerprint density at radius 2 is 2.00 bits per heavy atom. The molecule has 26 heavy (non-hydrogen) atoms. The molecule has 2 heterocycles. The fourth-order valence-electron chi connectivity index (χ4n) is 3.28. The SMILES string of the molecule is CN=c1scc(-c2ccccc2)n1CCc1c[nH]c2ccc(OC)cc12. The highest BCUT2D eigenvalue weighted by molar-refractivity contribution is 7.07. The Bertz CT molecular complexity index is 1090. The lowest BCUT2D eigenvalue weighted by Gasteiger charge is -2.09. The predicted octanol–water partition coefficient (Wildman–Crippen LogP) is 4.48. The highest BCUT2D eigenvalue weighted by Crippen LogP contribution is 2.25. The minimum atomic E-state index is 0.880. The average Bonchev–Trinajstić information content (AvgIpc) is 3.30. The molecule has 2 aromatic carbocycles. The molecule has 1 N–H and O–H groups in total. The van der Waals surface area contributed by atoms with Crippen LogP contribution < -0.4 is 9.54 Å². The molecule has 0 aliphatic carbocycles. The second-order valence-electron chi connectivity index (χ2n) is 6.12. The van der Waals surface area contributed by atoms with Crippen molar-refractivity contribution in [1.82, 2.24) is 9.55 Å². The fraction of sp³-hybridized carbons (Fsp3) is 0.190. The predicted molar refractivity (Wildman–Crippen MR) is 108 cm³/mol. The maximum Gasteiger partial charge on any atom is 0.184 e. The molecule has 5 heteroatoms. The van der Waals surface area contributed by atoms with Crippen LogP contribution in [-0.2, 0) is 13.0 Å². The van der Waals surface area contributed by atoms with Gasteiger partial charge < -0.3 is 14.3 Å². The molecule has 0 aliphatic heterocycles. The minimum Gasteiger partial charge on any atom is -0.497 e. The van der Waals surface area contributed by atoms with Crippen LogP contribution >= 0.6 is 11.3 Å². The Kier molecular flexibility index (Phi) is 4.63. The monoisotopic (exact) mass is 363 g/mol. The number of ether oxygens (including phenoxy) is 1. The van der Waals surface area contributed by atoms with E-state index in [0.29, 0.717) is 0 Å². The van der Waals surface area contributed by atoms with Crippen molar-refractivity contribution in [2.75, 3.05) is 14.2 Å². The molecule has 0 bridgehead atoms. The van der Waals surface area contributed by atoms with Crippen LogP contribution in [0.5, 0.6) is 5.75 Å². The Labute approximate surface area is 156 Å². The number of hydrogen-bond donors (Lipinski definition) is 1. The van der Waals surface area contributed by atoms with Crippen LogP contribution in [0.2, 0.25) is 0 Å². The molecule has 0 atom stereocenters. The lowest BCUT2D eigenvalue weighted by Crippen LogP contribution is -2.17. The first kappa shape index (κ1) is 16.7. The number of nitrogens with zero attached hydrogens (tertiary/aromatic N) is 2. The smallest absolute Gasteiger partial charge is 0.184 e. The average molecular weight is 363 g/mol. The Hall–Kier alpha value is -2.79. The van der Waals surface area contributed by atoms with Crippen molar-refractivity contribution in [3.63, 3.8) is 0 Å². The van der Waals surface area contributed by atoms with Gasteiger partial charge in [-0.25, -0.2) is 0 Å². The number of aromatic amines is 1. The van der Waals surface area contributed by atoms with Gasteiger partial charge in [0.25, 0.3) is 0 Å². The Morgan fingerprint density at radius 3 is 2.77 bits per heavy atom. The number of H-pyrrole nitrogens is 1. The molecule has 0 spiro atoms. The summed E-state index contributed by atoms with van der Waals surface area (Å²) in [6.07, 6.45) is 3.03. The quantitative estimate of drug-likeness (QED) is 0.558. The maximum atomic E-state index is 5.38. The van der Waals surface area contributed by atoms with Gasteiger partial charge in [0.1, 0.15) is 5.75 Å². The molecule has 0 saturated carbocycles. The summed E-state index contributed by atoms with van der Waals surface area (Å²) in [7, 11) is 3.56. The van der Waals surface area contributed by atoms with Gasteiger partial charge in [-0.2, -0.15) is 0 Å². The van der Waals surface area contributed by atoms with Crippen LogP contribution in [0.4, 0.5) is 0 Å². The number of rotatable bonds is 5. The van der Waals surface area contributed by atoms with E-state index in [4.69, 9.17) is 4.74 Å². The number of thiazole rings is 1. The van der Waals surface area contributed by atoms with E-state index in [-0.39, 0.29) is 0 Å². The van der Waals surface area contributed by atoms with Crippen molar-refractivity contribution in [3.8, 4) is 17.0 Å². The summed E-state index contributed by atoms with van der Waals surface area (Å²) < 4.78 is 7.68. The summed E-state index contributed by atoms with van der Waals surface area (Å²) in [4.78, 5) is 8.86. The maximum absolute atomic E-state index is 5.38. The van der Waals surface area contributed by atoms with E-state index in [1.54, 1.807) is 18.4 Å². The fourth-order valence-corrected chi connectivity index (χ4v) is 4.19. The van der Waals surface area contributed by atoms with Gasteiger partial charge in [-0.1, -0.05) is 30.3 Å². The van der Waals surface area contributed by atoms with Crippen molar-refractivity contribution in [2.24, 2.45) is 4.99 Å². The molecular weight excluding hydrogens is 342 g/mol. The molecule has 132 valence electrons. The van der Waals surface area contributed by atoms with Gasteiger partial charge in [0.05, 0.1) is 12.8 Å². The van der Waals surface area contributed by atoms with Crippen LogP contribution in [0.25, 0.3) is 22.2 Å². The van der Waals surface area contributed by atoms with E-state index in [0.717, 1.165) is 29.0 Å². The summed E-state index contributed by atoms with van der Waals surface area (Å²) in [6, 6.07) is 16.6. The number of benzene rings is 2. The molecule has 4 nitrogen and oxygen atoms in total. The molecule has 0 saturated heterocycles. The largest absolute Gasteiger partial charge is 0.497 e. The van der Waals surface area contributed by atoms with Gasteiger partial charge in [-0.3, -0.25) is 4.99 Å². The first-order chi connectivity index (χ1) is 12.8. The van der Waals surface area contributed by atoms with Gasteiger partial charge in [0.2, 0.25) is 0 Å². The topological polar surface area (TPSA) is 42.3 Å². The number of aryl methyl sites for hydroxylation is 1. The van der Waals surface area contributed by atoms with E-state index in [2.05, 4.69) is 62.5 Å². The highest BCUT2D eigenvalue weighted by atomic mass is 32.1. The van der Waals surface area contributed by atoms with E-state index < -0.39 is 0 Å². The minimum absolute atomic E-state index is 0.880. The van der Waals surface area contributed by atoms with Crippen molar-refractivity contribution >= 4 is 22.2 Å². The first-order valence-electron chi connectivity index (χ1n) is 8.60. The molecule has 0 aliphatic rings. The zero-order chi connectivity index (χ0) is 17.9. The first-order valence-corrected chi connectivity index (χ1v) is 9.48. The standard InChI is InChI=1S/C21H21N3OS/c1-22-21-24(20(14-26-21)15-6-4-3-5-7-15)11-10-16-13-23-19-9-8-17(25-2)12-18(16)19/h3-9,12-14,23H,10-11H2,1-2H3. The molecule has 0 radical (unpaired) electrons. The molecular formula is C21H21N3OS. The van der Waals surface area contributed by atoms with Gasteiger partial charge in [0, 0.05) is 36.1 Å². The zero-order valence-corrected chi connectivity index (χ0v) is 15.7. The lowest BCUT2D eigenvalue weighted by atomic mass is 10.1. The van der Waals surface area contributed by atoms with Crippen LogP contribution in [0, 0.1) is 0 Å². The summed E-state index contributed by atoms with van der Waals surface area (Å²) >= 11 is 1.69. The zero-order valence-electron chi connectivity index (χ0n) is 14.9. The van der Waals surface area contributed by atoms with E-state index >= 15 is 0 Å². The highest BCUT2D eigenvalue weighted by Gasteiger charge is 2.10. The van der Waals surface area contributed by atoms with Crippen molar-refractivity contribution in [1.29, 1.82) is 0 Å². The normalized spacial score (nSPS) is 12.0. The molecule has 2 aromatic heterocycles. The Balaban J connectivity index is 1.68. The van der Waals surface area contributed by atoms with Crippen molar-refractivity contribution in [3.05, 3.63) is 70.5 Å².